The second-order valence-electron chi connectivity index (χ2n) is 5.46. The Labute approximate surface area is 127 Å². The third-order valence-electron chi connectivity index (χ3n) is 3.93. The average Bonchev–Trinajstić information content (AvgIpc) is 3.04. The number of nitrogens with one attached hydrogen (secondary N) is 1. The van der Waals surface area contributed by atoms with E-state index in [1.807, 2.05) is 12.1 Å². The summed E-state index contributed by atoms with van der Waals surface area (Å²) in [6.07, 6.45) is 3.92. The van der Waals surface area contributed by atoms with E-state index in [-0.39, 0.29) is 0 Å². The summed E-state index contributed by atoms with van der Waals surface area (Å²) in [6.45, 7) is 2.31. The molecule has 0 saturated carbocycles. The van der Waals surface area contributed by atoms with E-state index in [1.54, 1.807) is 0 Å². The van der Waals surface area contributed by atoms with Crippen LogP contribution in [0.3, 0.4) is 0 Å². The zero-order chi connectivity index (χ0) is 14.8. The molecule has 0 aliphatic carbocycles. The predicted octanol–water partition coefficient (Wildman–Crippen LogP) is 2.25. The third kappa shape index (κ3) is 2.57. The second kappa shape index (κ2) is 5.59. The average molecular weight is 295 g/mol. The highest BCUT2D eigenvalue weighted by atomic mass is 15.6. The highest BCUT2D eigenvalue weighted by molar-refractivity contribution is 5.61. The Morgan fingerprint density at radius 1 is 0.909 bits per heavy atom. The summed E-state index contributed by atoms with van der Waals surface area (Å²) in [6, 6.07) is 12.2. The largest absolute Gasteiger partial charge is 0.372 e. The maximum atomic E-state index is 4.30. The molecule has 0 atom stereocenters. The van der Waals surface area contributed by atoms with Gasteiger partial charge in [0.1, 0.15) is 0 Å². The minimum absolute atomic E-state index is 0.631. The molecule has 1 aliphatic rings. The highest BCUT2D eigenvalue weighted by Crippen LogP contribution is 2.23. The van der Waals surface area contributed by atoms with Gasteiger partial charge in [-0.1, -0.05) is 0 Å². The zero-order valence-electron chi connectivity index (χ0n) is 12.2. The van der Waals surface area contributed by atoms with Crippen molar-refractivity contribution < 1.29 is 0 Å². The quantitative estimate of drug-likeness (QED) is 0.799. The van der Waals surface area contributed by atoms with E-state index < -0.39 is 0 Å². The normalized spacial score (nSPS) is 15.2. The lowest BCUT2D eigenvalue weighted by atomic mass is 10.1. The minimum atomic E-state index is 0.631. The molecule has 112 valence electrons. The molecule has 0 spiro atoms. The molecule has 1 N–H and O–H groups in total. The fourth-order valence-corrected chi connectivity index (χ4v) is 2.77. The van der Waals surface area contributed by atoms with E-state index in [0.29, 0.717) is 11.5 Å². The van der Waals surface area contributed by atoms with Gasteiger partial charge >= 0.3 is 0 Å². The van der Waals surface area contributed by atoms with Gasteiger partial charge in [0, 0.05) is 24.5 Å². The highest BCUT2D eigenvalue weighted by Gasteiger charge is 2.10. The summed E-state index contributed by atoms with van der Waals surface area (Å²) in [5, 5.41) is 18.8. The van der Waals surface area contributed by atoms with E-state index in [4.69, 9.17) is 0 Å². The number of nitrogens with zero attached hydrogens (tertiary/aromatic N) is 6. The molecule has 7 heteroatoms. The topological polar surface area (TPSA) is 71.2 Å². The Hall–Kier alpha value is -2.70. The molecular weight excluding hydrogens is 278 g/mol. The summed E-state index contributed by atoms with van der Waals surface area (Å²) < 4.78 is 1.41. The molecular formula is C15H17N7. The first kappa shape index (κ1) is 13.0. The Balaban J connectivity index is 1.50. The first-order chi connectivity index (χ1) is 10.9. The molecule has 0 radical (unpaired) electrons. The van der Waals surface area contributed by atoms with E-state index in [1.165, 1.54) is 29.6 Å². The van der Waals surface area contributed by atoms with Crippen molar-refractivity contribution in [1.82, 2.24) is 25.3 Å². The monoisotopic (exact) mass is 295 g/mol. The van der Waals surface area contributed by atoms with Gasteiger partial charge in [-0.2, -0.15) is 0 Å². The zero-order valence-corrected chi connectivity index (χ0v) is 12.2. The lowest BCUT2D eigenvalue weighted by Crippen LogP contribution is -2.29. The van der Waals surface area contributed by atoms with Gasteiger partial charge in [-0.3, -0.25) is 0 Å². The smallest absolute Gasteiger partial charge is 0.200 e. The van der Waals surface area contributed by atoms with E-state index in [9.17, 15) is 0 Å². The van der Waals surface area contributed by atoms with Gasteiger partial charge in [-0.05, 0) is 66.1 Å². The Morgan fingerprint density at radius 3 is 2.55 bits per heavy atom. The van der Waals surface area contributed by atoms with Crippen LogP contribution < -0.4 is 10.2 Å². The van der Waals surface area contributed by atoms with Crippen LogP contribution in [0.25, 0.3) is 5.65 Å². The Bertz CT molecular complexity index is 759. The Kier molecular flexibility index (Phi) is 3.30. The van der Waals surface area contributed by atoms with Gasteiger partial charge < -0.3 is 10.2 Å². The third-order valence-corrected chi connectivity index (χ3v) is 3.93. The van der Waals surface area contributed by atoms with Crippen LogP contribution >= 0.6 is 0 Å². The molecule has 0 amide bonds. The van der Waals surface area contributed by atoms with Crippen molar-refractivity contribution in [2.75, 3.05) is 23.3 Å². The number of tetrazole rings is 1. The molecule has 3 aromatic rings. The van der Waals surface area contributed by atoms with E-state index in [2.05, 4.69) is 55.1 Å². The molecule has 1 aromatic carbocycles. The number of hydrogen-bond acceptors (Lipinski definition) is 6. The lowest BCUT2D eigenvalue weighted by molar-refractivity contribution is 0.578. The summed E-state index contributed by atoms with van der Waals surface area (Å²) in [5.41, 5.74) is 2.92. The van der Waals surface area contributed by atoms with Crippen molar-refractivity contribution in [3.05, 3.63) is 36.4 Å². The van der Waals surface area contributed by atoms with E-state index in [0.717, 1.165) is 18.8 Å². The lowest BCUT2D eigenvalue weighted by Gasteiger charge is -2.28. The standard InChI is InChI=1S/C15H17N7/c1-2-10-21(11-3-1)13-6-4-12(5-7-13)16-14-8-9-15-17-19-20-22(15)18-14/h4-9H,1-3,10-11H2,(H,16,18). The van der Waals surface area contributed by atoms with Crippen molar-refractivity contribution in [3.63, 3.8) is 0 Å². The predicted molar refractivity (Wildman–Crippen MR) is 84.4 cm³/mol. The fourth-order valence-electron chi connectivity index (χ4n) is 2.77. The number of aromatic nitrogens is 5. The van der Waals surface area contributed by atoms with Crippen molar-refractivity contribution in [2.45, 2.75) is 19.3 Å². The van der Waals surface area contributed by atoms with Crippen LogP contribution in [0.1, 0.15) is 19.3 Å². The first-order valence-electron chi connectivity index (χ1n) is 7.56. The molecule has 4 rings (SSSR count). The molecule has 1 saturated heterocycles. The molecule has 7 nitrogen and oxygen atoms in total. The molecule has 2 aromatic heterocycles. The first-order valence-corrected chi connectivity index (χ1v) is 7.56. The summed E-state index contributed by atoms with van der Waals surface area (Å²) in [7, 11) is 0. The molecule has 3 heterocycles. The van der Waals surface area contributed by atoms with Crippen molar-refractivity contribution in [2.24, 2.45) is 0 Å². The van der Waals surface area contributed by atoms with Crippen molar-refractivity contribution in [1.29, 1.82) is 0 Å². The van der Waals surface area contributed by atoms with Crippen LogP contribution in [0.15, 0.2) is 36.4 Å². The van der Waals surface area contributed by atoms with Gasteiger partial charge in [0.2, 0.25) is 0 Å². The van der Waals surface area contributed by atoms with Gasteiger partial charge in [0.25, 0.3) is 0 Å². The van der Waals surface area contributed by atoms with Crippen molar-refractivity contribution >= 4 is 22.8 Å². The van der Waals surface area contributed by atoms with Gasteiger partial charge in [0.05, 0.1) is 0 Å². The van der Waals surface area contributed by atoms with Gasteiger partial charge in [-0.15, -0.1) is 14.8 Å². The molecule has 0 unspecified atom stereocenters. The minimum Gasteiger partial charge on any atom is -0.372 e. The van der Waals surface area contributed by atoms with E-state index >= 15 is 0 Å². The number of anilines is 3. The maximum absolute atomic E-state index is 4.30. The van der Waals surface area contributed by atoms with Crippen LogP contribution in [0.2, 0.25) is 0 Å². The van der Waals surface area contributed by atoms with Crippen LogP contribution in [-0.2, 0) is 0 Å². The summed E-state index contributed by atoms with van der Waals surface area (Å²) >= 11 is 0. The number of piperidine rings is 1. The molecule has 0 bridgehead atoms. The number of rotatable bonds is 3. The fraction of sp³-hybridized carbons (Fsp3) is 0.333. The number of hydrogen-bond donors (Lipinski definition) is 1. The van der Waals surface area contributed by atoms with Crippen LogP contribution in [0, 0.1) is 0 Å². The number of fused-ring (bicyclic) bond motifs is 1. The van der Waals surface area contributed by atoms with Crippen LogP contribution in [0.4, 0.5) is 17.2 Å². The van der Waals surface area contributed by atoms with Crippen LogP contribution in [-0.4, -0.2) is 38.3 Å². The second-order valence-corrected chi connectivity index (χ2v) is 5.46. The van der Waals surface area contributed by atoms with Crippen molar-refractivity contribution in [3.8, 4) is 0 Å². The van der Waals surface area contributed by atoms with Gasteiger partial charge in [0.15, 0.2) is 11.5 Å². The SMILES string of the molecule is c1cc(N2CCCCC2)ccc1Nc1ccc2nnnn2n1. The summed E-state index contributed by atoms with van der Waals surface area (Å²) in [5.74, 6) is 0.713. The molecule has 22 heavy (non-hydrogen) atoms. The van der Waals surface area contributed by atoms with Crippen LogP contribution in [0.5, 0.6) is 0 Å². The molecule has 1 fully saturated rings. The molecule has 1 aliphatic heterocycles. The summed E-state index contributed by atoms with van der Waals surface area (Å²) in [4.78, 5) is 2.44. The number of benzene rings is 1. The maximum Gasteiger partial charge on any atom is 0.200 e. The Morgan fingerprint density at radius 2 is 1.73 bits per heavy atom. The van der Waals surface area contributed by atoms with Gasteiger partial charge in [-0.25, -0.2) is 0 Å².